The van der Waals surface area contributed by atoms with Crippen molar-refractivity contribution in [3.05, 3.63) is 34.3 Å². The van der Waals surface area contributed by atoms with Crippen molar-refractivity contribution in [3.63, 3.8) is 0 Å². The first-order chi connectivity index (χ1) is 7.79. The van der Waals surface area contributed by atoms with Crippen molar-refractivity contribution in [2.75, 3.05) is 6.61 Å². The summed E-state index contributed by atoms with van der Waals surface area (Å²) in [6.07, 6.45) is -4.49. The molecule has 0 fully saturated rings. The highest BCUT2D eigenvalue weighted by molar-refractivity contribution is 6.31. The Kier molecular flexibility index (Phi) is 4.36. The lowest BCUT2D eigenvalue weighted by Crippen LogP contribution is -2.29. The quantitative estimate of drug-likeness (QED) is 0.855. The Bertz CT molecular complexity index is 421. The molecule has 0 spiro atoms. The number of hydrogen-bond acceptors (Lipinski definition) is 2. The zero-order valence-corrected chi connectivity index (χ0v) is 9.52. The van der Waals surface area contributed by atoms with Crippen molar-refractivity contribution in [2.24, 2.45) is 0 Å². The summed E-state index contributed by atoms with van der Waals surface area (Å²) in [5, 5.41) is 0.355. The van der Waals surface area contributed by atoms with Crippen LogP contribution in [0.3, 0.4) is 0 Å². The van der Waals surface area contributed by atoms with Gasteiger partial charge in [-0.3, -0.25) is 9.63 Å². The predicted molar refractivity (Wildman–Crippen MR) is 55.7 cm³/mol. The Morgan fingerprint density at radius 2 is 2.12 bits per heavy atom. The van der Waals surface area contributed by atoms with E-state index in [4.69, 9.17) is 11.6 Å². The Labute approximate surface area is 100 Å². The molecule has 0 heterocycles. The SMILES string of the molecule is Cc1ccc(C(=O)NOCC(F)(F)F)cc1Cl. The van der Waals surface area contributed by atoms with Crippen molar-refractivity contribution in [1.82, 2.24) is 5.48 Å². The van der Waals surface area contributed by atoms with E-state index in [2.05, 4.69) is 4.84 Å². The Hall–Kier alpha value is -1.27. The molecule has 0 saturated heterocycles. The van der Waals surface area contributed by atoms with Gasteiger partial charge in [0.05, 0.1) is 0 Å². The number of aryl methyl sites for hydroxylation is 1. The molecule has 7 heteroatoms. The van der Waals surface area contributed by atoms with Gasteiger partial charge in [-0.25, -0.2) is 5.48 Å². The first kappa shape index (κ1) is 13.8. The summed E-state index contributed by atoms with van der Waals surface area (Å²) in [6, 6.07) is 4.37. The molecule has 0 atom stereocenters. The number of hydroxylamine groups is 1. The number of carbonyl (C=O) groups is 1. The predicted octanol–water partition coefficient (Wildman–Crippen LogP) is 2.87. The highest BCUT2D eigenvalue weighted by atomic mass is 35.5. The lowest BCUT2D eigenvalue weighted by Gasteiger charge is -2.08. The Morgan fingerprint density at radius 3 is 2.65 bits per heavy atom. The second-order valence-electron chi connectivity index (χ2n) is 3.30. The molecule has 1 N–H and O–H groups in total. The first-order valence-corrected chi connectivity index (χ1v) is 4.92. The number of rotatable bonds is 3. The highest BCUT2D eigenvalue weighted by Gasteiger charge is 2.28. The second kappa shape index (κ2) is 5.37. The fourth-order valence-electron chi connectivity index (χ4n) is 0.976. The van der Waals surface area contributed by atoms with Crippen molar-refractivity contribution in [3.8, 4) is 0 Å². The monoisotopic (exact) mass is 267 g/mol. The molecule has 0 radical (unpaired) electrons. The lowest BCUT2D eigenvalue weighted by atomic mass is 10.1. The van der Waals surface area contributed by atoms with Gasteiger partial charge < -0.3 is 0 Å². The molecule has 0 aliphatic heterocycles. The number of carbonyl (C=O) groups excluding carboxylic acids is 1. The average Bonchev–Trinajstić information content (AvgIpc) is 2.20. The zero-order chi connectivity index (χ0) is 13.1. The molecule has 1 aromatic carbocycles. The molecule has 0 aliphatic carbocycles. The third-order valence-corrected chi connectivity index (χ3v) is 2.24. The van der Waals surface area contributed by atoms with E-state index in [0.29, 0.717) is 5.02 Å². The smallest absolute Gasteiger partial charge is 0.267 e. The minimum Gasteiger partial charge on any atom is -0.267 e. The maximum Gasteiger partial charge on any atom is 0.414 e. The van der Waals surface area contributed by atoms with Gasteiger partial charge in [-0.05, 0) is 24.6 Å². The summed E-state index contributed by atoms with van der Waals surface area (Å²) in [5.74, 6) is -0.781. The van der Waals surface area contributed by atoms with Gasteiger partial charge in [0.15, 0.2) is 6.61 Å². The van der Waals surface area contributed by atoms with Crippen molar-refractivity contribution in [1.29, 1.82) is 0 Å². The van der Waals surface area contributed by atoms with Gasteiger partial charge in [0.25, 0.3) is 5.91 Å². The molecule has 17 heavy (non-hydrogen) atoms. The molecule has 1 amide bonds. The normalized spacial score (nSPS) is 11.4. The van der Waals surface area contributed by atoms with Gasteiger partial charge in [-0.15, -0.1) is 0 Å². The Morgan fingerprint density at radius 1 is 1.47 bits per heavy atom. The number of benzene rings is 1. The number of nitrogens with one attached hydrogen (secondary N) is 1. The van der Waals surface area contributed by atoms with Crippen LogP contribution in [0.1, 0.15) is 15.9 Å². The molecule has 0 aromatic heterocycles. The molecular formula is C10H9ClF3NO2. The van der Waals surface area contributed by atoms with Gasteiger partial charge in [0.1, 0.15) is 0 Å². The van der Waals surface area contributed by atoms with Crippen LogP contribution in [0.15, 0.2) is 18.2 Å². The van der Waals surface area contributed by atoms with E-state index in [-0.39, 0.29) is 5.56 Å². The average molecular weight is 268 g/mol. The largest absolute Gasteiger partial charge is 0.414 e. The summed E-state index contributed by atoms with van der Waals surface area (Å²) in [6.45, 7) is 0.197. The van der Waals surface area contributed by atoms with Gasteiger partial charge >= 0.3 is 6.18 Å². The molecule has 0 unspecified atom stereocenters. The van der Waals surface area contributed by atoms with Crippen LogP contribution in [0.4, 0.5) is 13.2 Å². The molecule has 0 aliphatic rings. The van der Waals surface area contributed by atoms with Crippen LogP contribution in [0, 0.1) is 6.92 Å². The fourth-order valence-corrected chi connectivity index (χ4v) is 1.16. The maximum atomic E-state index is 11.7. The van der Waals surface area contributed by atoms with E-state index >= 15 is 0 Å². The van der Waals surface area contributed by atoms with Crippen LogP contribution in [0.2, 0.25) is 5.02 Å². The maximum absolute atomic E-state index is 11.7. The van der Waals surface area contributed by atoms with Crippen LogP contribution in [-0.4, -0.2) is 18.7 Å². The molecule has 0 saturated carbocycles. The highest BCUT2D eigenvalue weighted by Crippen LogP contribution is 2.17. The summed E-state index contributed by atoms with van der Waals surface area (Å²) in [4.78, 5) is 15.3. The third kappa shape index (κ3) is 4.62. The molecule has 1 rings (SSSR count). The summed E-state index contributed by atoms with van der Waals surface area (Å²) >= 11 is 5.76. The minimum atomic E-state index is -4.49. The van der Waals surface area contributed by atoms with E-state index in [1.807, 2.05) is 0 Å². The number of alkyl halides is 3. The topological polar surface area (TPSA) is 38.3 Å². The van der Waals surface area contributed by atoms with Crippen LogP contribution >= 0.6 is 11.6 Å². The van der Waals surface area contributed by atoms with Crippen LogP contribution in [0.25, 0.3) is 0 Å². The lowest BCUT2D eigenvalue weighted by molar-refractivity contribution is -0.184. The number of amides is 1. The fraction of sp³-hybridized carbons (Fsp3) is 0.300. The second-order valence-corrected chi connectivity index (χ2v) is 3.71. The minimum absolute atomic E-state index is 0.128. The van der Waals surface area contributed by atoms with E-state index in [1.54, 1.807) is 18.5 Å². The van der Waals surface area contributed by atoms with E-state index in [1.165, 1.54) is 12.1 Å². The van der Waals surface area contributed by atoms with Gasteiger partial charge in [0, 0.05) is 10.6 Å². The molecule has 3 nitrogen and oxygen atoms in total. The first-order valence-electron chi connectivity index (χ1n) is 4.54. The number of hydrogen-bond donors (Lipinski definition) is 1. The molecule has 94 valence electrons. The Balaban J connectivity index is 2.56. The summed E-state index contributed by atoms with van der Waals surface area (Å²) in [5.41, 5.74) is 2.58. The van der Waals surface area contributed by atoms with Crippen molar-refractivity contribution < 1.29 is 22.8 Å². The van der Waals surface area contributed by atoms with Gasteiger partial charge in [-0.1, -0.05) is 17.7 Å². The van der Waals surface area contributed by atoms with Crippen LogP contribution in [-0.2, 0) is 4.84 Å². The summed E-state index contributed by atoms with van der Waals surface area (Å²) in [7, 11) is 0. The number of halogens is 4. The van der Waals surface area contributed by atoms with E-state index in [0.717, 1.165) is 5.56 Å². The van der Waals surface area contributed by atoms with Gasteiger partial charge in [-0.2, -0.15) is 13.2 Å². The van der Waals surface area contributed by atoms with Crippen LogP contribution < -0.4 is 5.48 Å². The van der Waals surface area contributed by atoms with Crippen LogP contribution in [0.5, 0.6) is 0 Å². The molecule has 1 aromatic rings. The van der Waals surface area contributed by atoms with E-state index < -0.39 is 18.7 Å². The standard InChI is InChI=1S/C10H9ClF3NO2/c1-6-2-3-7(4-8(6)11)9(16)15-17-5-10(12,13)14/h2-4H,5H2,1H3,(H,15,16). The van der Waals surface area contributed by atoms with Crippen molar-refractivity contribution >= 4 is 17.5 Å². The molecular weight excluding hydrogens is 259 g/mol. The third-order valence-electron chi connectivity index (χ3n) is 1.83. The summed E-state index contributed by atoms with van der Waals surface area (Å²) < 4.78 is 35.2. The van der Waals surface area contributed by atoms with Gasteiger partial charge in [0.2, 0.25) is 0 Å². The van der Waals surface area contributed by atoms with Crippen molar-refractivity contribution in [2.45, 2.75) is 13.1 Å². The zero-order valence-electron chi connectivity index (χ0n) is 8.77. The molecule has 0 bridgehead atoms. The van der Waals surface area contributed by atoms with E-state index in [9.17, 15) is 18.0 Å².